The van der Waals surface area contributed by atoms with Crippen molar-refractivity contribution in [3.63, 3.8) is 0 Å². The quantitative estimate of drug-likeness (QED) is 0.527. The summed E-state index contributed by atoms with van der Waals surface area (Å²) in [6.07, 6.45) is -0.0346. The van der Waals surface area contributed by atoms with Crippen molar-refractivity contribution in [1.29, 1.82) is 0 Å². The Morgan fingerprint density at radius 2 is 1.76 bits per heavy atom. The summed E-state index contributed by atoms with van der Waals surface area (Å²) >= 11 is 0. The molecule has 4 rings (SSSR count). The number of hydrogen-bond donors (Lipinski definition) is 4. The summed E-state index contributed by atoms with van der Waals surface area (Å²) < 4.78 is 5.65. The fourth-order valence-corrected chi connectivity index (χ4v) is 6.98. The lowest BCUT2D eigenvalue weighted by Crippen LogP contribution is -2.71. The van der Waals surface area contributed by atoms with Crippen molar-refractivity contribution in [3.05, 3.63) is 0 Å². The summed E-state index contributed by atoms with van der Waals surface area (Å²) in [5.74, 6) is 0.214. The first-order valence-electron chi connectivity index (χ1n) is 9.92. The van der Waals surface area contributed by atoms with E-state index in [1.807, 2.05) is 20.8 Å². The molecule has 0 radical (unpaired) electrons. The van der Waals surface area contributed by atoms with E-state index in [9.17, 15) is 20.4 Å². The highest BCUT2D eigenvalue weighted by Crippen LogP contribution is 2.63. The Morgan fingerprint density at radius 3 is 2.36 bits per heavy atom. The summed E-state index contributed by atoms with van der Waals surface area (Å²) in [7, 11) is 0. The average Bonchev–Trinajstić information content (AvgIpc) is 2.51. The molecule has 25 heavy (non-hydrogen) atoms. The van der Waals surface area contributed by atoms with Crippen LogP contribution in [-0.2, 0) is 4.74 Å². The van der Waals surface area contributed by atoms with Crippen LogP contribution in [0.5, 0.6) is 0 Å². The molecule has 4 fully saturated rings. The lowest BCUT2D eigenvalue weighted by molar-refractivity contribution is -0.298. The van der Waals surface area contributed by atoms with E-state index in [0.29, 0.717) is 25.9 Å². The molecule has 4 N–H and O–H groups in total. The lowest BCUT2D eigenvalue weighted by atomic mass is 9.44. The fraction of sp³-hybridized carbons (Fsp3) is 1.00. The molecule has 1 aliphatic heterocycles. The summed E-state index contributed by atoms with van der Waals surface area (Å²) in [5, 5.41) is 45.1. The van der Waals surface area contributed by atoms with Gasteiger partial charge in [-0.1, -0.05) is 27.7 Å². The van der Waals surface area contributed by atoms with Gasteiger partial charge in [0.2, 0.25) is 0 Å². The van der Waals surface area contributed by atoms with Crippen LogP contribution in [0.15, 0.2) is 0 Å². The number of aliphatic hydroxyl groups is 4. The first kappa shape index (κ1) is 18.2. The van der Waals surface area contributed by atoms with Gasteiger partial charge in [0, 0.05) is 17.8 Å². The minimum Gasteiger partial charge on any atom is -0.392 e. The van der Waals surface area contributed by atoms with Crippen molar-refractivity contribution in [2.45, 2.75) is 83.4 Å². The van der Waals surface area contributed by atoms with Gasteiger partial charge in [0.1, 0.15) is 0 Å². The molecule has 0 amide bonds. The van der Waals surface area contributed by atoms with Crippen LogP contribution in [0.1, 0.15) is 53.4 Å². The van der Waals surface area contributed by atoms with Crippen molar-refractivity contribution < 1.29 is 25.2 Å². The standard InChI is InChI=1S/C20H34O5/c1-10-5-6-20(24)8-12-11-9-25-13(11)7-14(21)19(12,4)17(23)16(22)15(10)18(20,2)3/h10-17,21-24H,5-9H2,1-4H3/t10?,11-,12?,13?,14?,15?,16?,17?,19?,20?/m1/s1. The average molecular weight is 354 g/mol. The Hall–Kier alpha value is -0.200. The second-order valence-electron chi connectivity index (χ2n) is 10.2. The zero-order valence-electron chi connectivity index (χ0n) is 15.9. The van der Waals surface area contributed by atoms with Crippen LogP contribution in [-0.4, -0.2) is 57.0 Å². The van der Waals surface area contributed by atoms with E-state index >= 15 is 0 Å². The monoisotopic (exact) mass is 354 g/mol. The minimum atomic E-state index is -0.997. The Balaban J connectivity index is 1.84. The van der Waals surface area contributed by atoms with Crippen molar-refractivity contribution in [3.8, 4) is 0 Å². The number of rotatable bonds is 0. The van der Waals surface area contributed by atoms with Gasteiger partial charge in [0.15, 0.2) is 0 Å². The molecular weight excluding hydrogens is 320 g/mol. The van der Waals surface area contributed by atoms with Gasteiger partial charge < -0.3 is 25.2 Å². The molecule has 10 atom stereocenters. The van der Waals surface area contributed by atoms with E-state index < -0.39 is 34.7 Å². The van der Waals surface area contributed by atoms with Crippen LogP contribution in [0.25, 0.3) is 0 Å². The molecule has 5 nitrogen and oxygen atoms in total. The fourth-order valence-electron chi connectivity index (χ4n) is 6.98. The van der Waals surface area contributed by atoms with Gasteiger partial charge in [-0.3, -0.25) is 0 Å². The van der Waals surface area contributed by atoms with Gasteiger partial charge in [-0.05, 0) is 42.4 Å². The highest BCUT2D eigenvalue weighted by Gasteiger charge is 2.67. The van der Waals surface area contributed by atoms with E-state index in [1.54, 1.807) is 0 Å². The molecule has 1 heterocycles. The Bertz CT molecular complexity index is 550. The maximum absolute atomic E-state index is 11.7. The van der Waals surface area contributed by atoms with Gasteiger partial charge >= 0.3 is 0 Å². The maximum Gasteiger partial charge on any atom is 0.0883 e. The highest BCUT2D eigenvalue weighted by atomic mass is 16.5. The van der Waals surface area contributed by atoms with Gasteiger partial charge in [0.25, 0.3) is 0 Å². The molecule has 0 aromatic rings. The van der Waals surface area contributed by atoms with Crippen LogP contribution < -0.4 is 0 Å². The maximum atomic E-state index is 11.7. The summed E-state index contributed by atoms with van der Waals surface area (Å²) in [5.41, 5.74) is -2.20. The highest BCUT2D eigenvalue weighted by molar-refractivity contribution is 5.16. The third-order valence-corrected chi connectivity index (χ3v) is 9.01. The topological polar surface area (TPSA) is 90.2 Å². The van der Waals surface area contributed by atoms with E-state index in [-0.39, 0.29) is 29.8 Å². The van der Waals surface area contributed by atoms with Crippen molar-refractivity contribution in [1.82, 2.24) is 0 Å². The molecule has 9 unspecified atom stereocenters. The smallest absolute Gasteiger partial charge is 0.0883 e. The van der Waals surface area contributed by atoms with Crippen molar-refractivity contribution in [2.75, 3.05) is 6.61 Å². The van der Waals surface area contributed by atoms with E-state index in [4.69, 9.17) is 4.74 Å². The first-order valence-corrected chi connectivity index (χ1v) is 9.92. The first-order chi connectivity index (χ1) is 11.5. The molecule has 5 heteroatoms. The Morgan fingerprint density at radius 1 is 1.08 bits per heavy atom. The van der Waals surface area contributed by atoms with E-state index in [1.165, 1.54) is 0 Å². The molecule has 0 aromatic carbocycles. The van der Waals surface area contributed by atoms with E-state index in [2.05, 4.69) is 6.92 Å². The largest absolute Gasteiger partial charge is 0.392 e. The summed E-state index contributed by atoms with van der Waals surface area (Å²) in [4.78, 5) is 0. The van der Waals surface area contributed by atoms with Crippen LogP contribution in [0.2, 0.25) is 0 Å². The Kier molecular flexibility index (Phi) is 3.94. The number of aliphatic hydroxyl groups excluding tert-OH is 3. The van der Waals surface area contributed by atoms with Gasteiger partial charge in [-0.2, -0.15) is 0 Å². The summed E-state index contributed by atoms with van der Waals surface area (Å²) in [6.45, 7) is 8.72. The zero-order chi connectivity index (χ0) is 18.4. The third kappa shape index (κ3) is 2.13. The number of fused-ring (bicyclic) bond motifs is 5. The molecule has 3 aliphatic carbocycles. The Labute approximate surface area is 150 Å². The third-order valence-electron chi connectivity index (χ3n) is 9.01. The lowest BCUT2D eigenvalue weighted by Gasteiger charge is -2.66. The van der Waals surface area contributed by atoms with E-state index in [0.717, 1.165) is 6.42 Å². The second-order valence-corrected chi connectivity index (χ2v) is 10.2. The normalized spacial score (nSPS) is 60.5. The van der Waals surface area contributed by atoms with Crippen molar-refractivity contribution in [2.24, 2.45) is 34.5 Å². The second kappa shape index (κ2) is 5.41. The molecule has 1 saturated heterocycles. The molecular formula is C20H34O5. The van der Waals surface area contributed by atoms with Crippen LogP contribution in [0, 0.1) is 34.5 Å². The van der Waals surface area contributed by atoms with Gasteiger partial charge in [-0.25, -0.2) is 0 Å². The predicted molar refractivity (Wildman–Crippen MR) is 92.7 cm³/mol. The van der Waals surface area contributed by atoms with Gasteiger partial charge in [0.05, 0.1) is 36.6 Å². The molecule has 2 bridgehead atoms. The summed E-state index contributed by atoms with van der Waals surface area (Å²) in [6, 6.07) is 0. The number of hydrogen-bond acceptors (Lipinski definition) is 5. The van der Waals surface area contributed by atoms with Crippen LogP contribution >= 0.6 is 0 Å². The minimum absolute atomic E-state index is 0.0156. The molecule has 4 aliphatic rings. The zero-order valence-corrected chi connectivity index (χ0v) is 15.9. The predicted octanol–water partition coefficient (Wildman–Crippen LogP) is 1.32. The number of ether oxygens (including phenoxy) is 1. The molecule has 3 saturated carbocycles. The molecule has 0 aromatic heterocycles. The molecule has 0 spiro atoms. The van der Waals surface area contributed by atoms with Crippen molar-refractivity contribution >= 4 is 0 Å². The van der Waals surface area contributed by atoms with Gasteiger partial charge in [-0.15, -0.1) is 0 Å². The van der Waals surface area contributed by atoms with Crippen LogP contribution in [0.4, 0.5) is 0 Å². The molecule has 144 valence electrons. The SMILES string of the molecule is CC1CCC2(O)CC3[C@H]4COC4CC(O)C3(C)C(O)C(O)C1C2(C)C. The van der Waals surface area contributed by atoms with Crippen LogP contribution in [0.3, 0.4) is 0 Å².